The number of fused-ring (bicyclic) bond motifs is 2. The summed E-state index contributed by atoms with van der Waals surface area (Å²) in [7, 11) is 0. The highest BCUT2D eigenvalue weighted by Gasteiger charge is 2.35. The average molecular weight is 581 g/mol. The summed E-state index contributed by atoms with van der Waals surface area (Å²) < 4.78 is 5.67. The third kappa shape index (κ3) is 6.57. The molecule has 0 unspecified atom stereocenters. The molecule has 0 bridgehead atoms. The van der Waals surface area contributed by atoms with E-state index in [0.717, 1.165) is 34.2 Å². The lowest BCUT2D eigenvalue weighted by molar-refractivity contribution is -0.119. The molecule has 5 nitrogen and oxygen atoms in total. The number of rotatable bonds is 6. The minimum Gasteiger partial charge on any atom is -0.452 e. The van der Waals surface area contributed by atoms with Crippen LogP contribution in [-0.4, -0.2) is 23.5 Å². The third-order valence-electron chi connectivity index (χ3n) is 8.05. The van der Waals surface area contributed by atoms with Crippen LogP contribution in [0.4, 0.5) is 5.69 Å². The summed E-state index contributed by atoms with van der Waals surface area (Å²) in [6.07, 6.45) is 3.66. The van der Waals surface area contributed by atoms with E-state index in [1.54, 1.807) is 0 Å². The Kier molecular flexibility index (Phi) is 8.51. The van der Waals surface area contributed by atoms with Crippen LogP contribution in [0.25, 0.3) is 22.6 Å². The van der Waals surface area contributed by atoms with Crippen LogP contribution in [0.5, 0.6) is 0 Å². The second kappa shape index (κ2) is 12.1. The van der Waals surface area contributed by atoms with Crippen LogP contribution >= 0.6 is 11.6 Å². The molecule has 1 aliphatic carbocycles. The van der Waals surface area contributed by atoms with E-state index in [4.69, 9.17) is 21.3 Å². The number of hydrogen-bond donors (Lipinski definition) is 1. The van der Waals surface area contributed by atoms with Crippen LogP contribution in [0.2, 0.25) is 5.02 Å². The van der Waals surface area contributed by atoms with Crippen molar-refractivity contribution in [3.63, 3.8) is 0 Å². The maximum atomic E-state index is 13.8. The number of nitrogens with zero attached hydrogens (tertiary/aromatic N) is 1. The Hall–Kier alpha value is -3.96. The molecule has 0 aliphatic heterocycles. The van der Waals surface area contributed by atoms with Crippen LogP contribution in [0.1, 0.15) is 79.7 Å². The molecule has 0 spiro atoms. The number of ether oxygens (including phenoxy) is 1. The molecular formula is C36H37ClN2O3. The molecule has 4 aromatic rings. The fourth-order valence-electron chi connectivity index (χ4n) is 5.48. The van der Waals surface area contributed by atoms with Crippen LogP contribution in [0, 0.1) is 11.3 Å². The van der Waals surface area contributed by atoms with Gasteiger partial charge in [0.2, 0.25) is 0 Å². The van der Waals surface area contributed by atoms with Crippen LogP contribution in [0.15, 0.2) is 72.8 Å². The molecule has 42 heavy (non-hydrogen) atoms. The Morgan fingerprint density at radius 2 is 1.69 bits per heavy atom. The zero-order valence-electron chi connectivity index (χ0n) is 24.8. The minimum absolute atomic E-state index is 0.00536. The maximum absolute atomic E-state index is 13.8. The fraction of sp³-hybridized carbons (Fsp3) is 0.306. The summed E-state index contributed by atoms with van der Waals surface area (Å²) in [5.74, 6) is -0.231. The van der Waals surface area contributed by atoms with E-state index in [1.165, 1.54) is 5.56 Å². The molecule has 216 valence electrons. The number of allylic oxidation sites excluding steroid dienone is 1. The second-order valence-electron chi connectivity index (χ2n) is 12.4. The first-order chi connectivity index (χ1) is 20.0. The molecule has 1 N–H and O–H groups in total. The molecule has 0 saturated carbocycles. The molecule has 5 rings (SSSR count). The first kappa shape index (κ1) is 29.5. The average Bonchev–Trinajstić information content (AvgIpc) is 2.95. The van der Waals surface area contributed by atoms with E-state index in [2.05, 4.69) is 46.0 Å². The molecule has 1 amide bonds. The predicted molar refractivity (Wildman–Crippen MR) is 172 cm³/mol. The Morgan fingerprint density at radius 1 is 1.00 bits per heavy atom. The minimum atomic E-state index is -0.518. The van der Waals surface area contributed by atoms with E-state index < -0.39 is 5.97 Å². The number of nitrogens with one attached hydrogen (secondary N) is 1. The molecule has 0 radical (unpaired) electrons. The largest absolute Gasteiger partial charge is 0.452 e. The van der Waals surface area contributed by atoms with Gasteiger partial charge in [0.05, 0.1) is 16.8 Å². The molecule has 3 aromatic carbocycles. The summed E-state index contributed by atoms with van der Waals surface area (Å²) in [5.41, 5.74) is 6.82. The molecule has 1 aliphatic rings. The number of pyridine rings is 1. The van der Waals surface area contributed by atoms with Gasteiger partial charge in [-0.05, 0) is 88.8 Å². The topological polar surface area (TPSA) is 68.3 Å². The quantitative estimate of drug-likeness (QED) is 0.231. The molecule has 0 saturated heterocycles. The number of esters is 1. The van der Waals surface area contributed by atoms with Crippen molar-refractivity contribution in [1.29, 1.82) is 0 Å². The lowest BCUT2D eigenvalue weighted by Gasteiger charge is -2.36. The van der Waals surface area contributed by atoms with Crippen LogP contribution in [-0.2, 0) is 16.0 Å². The van der Waals surface area contributed by atoms with E-state index in [9.17, 15) is 9.59 Å². The number of benzene rings is 3. The smallest absolute Gasteiger partial charge is 0.339 e. The predicted octanol–water partition coefficient (Wildman–Crippen LogP) is 8.96. The number of anilines is 1. The zero-order valence-corrected chi connectivity index (χ0v) is 25.6. The van der Waals surface area contributed by atoms with Gasteiger partial charge in [0.1, 0.15) is 0 Å². The number of amides is 1. The monoisotopic (exact) mass is 580 g/mol. The van der Waals surface area contributed by atoms with Gasteiger partial charge in [0.25, 0.3) is 5.91 Å². The van der Waals surface area contributed by atoms with Crippen LogP contribution in [0.3, 0.4) is 0 Å². The van der Waals surface area contributed by atoms with Gasteiger partial charge >= 0.3 is 5.97 Å². The Labute approximate surface area is 253 Å². The van der Waals surface area contributed by atoms with Crippen molar-refractivity contribution >= 4 is 51.7 Å². The lowest BCUT2D eigenvalue weighted by atomic mass is 9.69. The standard InChI is InChI=1S/C36H37ClN2O3/c1-22(2)24-12-16-28(17-13-24)38-32(40)21-42-35(41)33-29-8-6-7-9-31(29)39-34-25(18-23-10-14-27(37)15-11-23)19-26(20-30(33)34)36(3,4)5/h6-18,22,26H,19-21H2,1-5H3,(H,38,40)/b25-18+/t26-/m1/s1. The van der Waals surface area contributed by atoms with Gasteiger partial charge in [-0.25, -0.2) is 9.78 Å². The van der Waals surface area contributed by atoms with Gasteiger partial charge in [0.15, 0.2) is 6.61 Å². The summed E-state index contributed by atoms with van der Waals surface area (Å²) in [4.78, 5) is 31.6. The van der Waals surface area contributed by atoms with Crippen molar-refractivity contribution in [2.24, 2.45) is 11.3 Å². The highest BCUT2D eigenvalue weighted by atomic mass is 35.5. The number of aromatic nitrogens is 1. The SMILES string of the molecule is CC(C)c1ccc(NC(=O)COC(=O)c2c3c(nc4ccccc24)/C(=C/c2ccc(Cl)cc2)C[C@@H](C(C)(C)C)C3)cc1. The Morgan fingerprint density at radius 3 is 2.36 bits per heavy atom. The second-order valence-corrected chi connectivity index (χ2v) is 12.9. The first-order valence-corrected chi connectivity index (χ1v) is 14.8. The number of para-hydroxylation sites is 1. The molecule has 1 heterocycles. The summed E-state index contributed by atoms with van der Waals surface area (Å²) >= 11 is 6.14. The van der Waals surface area contributed by atoms with E-state index >= 15 is 0 Å². The third-order valence-corrected chi connectivity index (χ3v) is 8.30. The zero-order chi connectivity index (χ0) is 30.0. The number of halogens is 1. The first-order valence-electron chi connectivity index (χ1n) is 14.4. The van der Waals surface area contributed by atoms with Gasteiger partial charge in [0, 0.05) is 16.1 Å². The molecule has 6 heteroatoms. The normalized spacial score (nSPS) is 16.0. The Balaban J connectivity index is 1.49. The van der Waals surface area contributed by atoms with E-state index in [1.807, 2.05) is 72.8 Å². The van der Waals surface area contributed by atoms with Gasteiger partial charge in [-0.2, -0.15) is 0 Å². The molecular weight excluding hydrogens is 544 g/mol. The van der Waals surface area contributed by atoms with Gasteiger partial charge in [-0.1, -0.05) is 88.7 Å². The fourth-order valence-corrected chi connectivity index (χ4v) is 5.61. The maximum Gasteiger partial charge on any atom is 0.339 e. The van der Waals surface area contributed by atoms with E-state index in [0.29, 0.717) is 34.1 Å². The molecule has 0 fully saturated rings. The van der Waals surface area contributed by atoms with E-state index in [-0.39, 0.29) is 23.8 Å². The Bertz CT molecular complexity index is 1650. The lowest BCUT2D eigenvalue weighted by Crippen LogP contribution is -2.29. The highest BCUT2D eigenvalue weighted by molar-refractivity contribution is 6.30. The number of hydrogen-bond acceptors (Lipinski definition) is 4. The van der Waals surface area contributed by atoms with Gasteiger partial charge in [-0.15, -0.1) is 0 Å². The summed E-state index contributed by atoms with van der Waals surface area (Å²) in [5, 5.41) is 4.24. The summed E-state index contributed by atoms with van der Waals surface area (Å²) in [6, 6.07) is 23.1. The van der Waals surface area contributed by atoms with Crippen molar-refractivity contribution in [2.75, 3.05) is 11.9 Å². The van der Waals surface area contributed by atoms with Crippen molar-refractivity contribution in [2.45, 2.75) is 53.4 Å². The van der Waals surface area contributed by atoms with Crippen molar-refractivity contribution in [3.05, 3.63) is 106 Å². The molecule has 1 aromatic heterocycles. The highest BCUT2D eigenvalue weighted by Crippen LogP contribution is 2.45. The van der Waals surface area contributed by atoms with Crippen molar-refractivity contribution in [1.82, 2.24) is 4.98 Å². The van der Waals surface area contributed by atoms with Crippen LogP contribution < -0.4 is 5.32 Å². The molecule has 1 atom stereocenters. The number of carbonyl (C=O) groups is 2. The summed E-state index contributed by atoms with van der Waals surface area (Å²) in [6.45, 7) is 10.5. The number of carbonyl (C=O) groups excluding carboxylic acids is 2. The van der Waals surface area contributed by atoms with Crippen molar-refractivity contribution < 1.29 is 14.3 Å². The van der Waals surface area contributed by atoms with Gasteiger partial charge in [-0.3, -0.25) is 4.79 Å². The van der Waals surface area contributed by atoms with Crippen molar-refractivity contribution in [3.8, 4) is 0 Å². The van der Waals surface area contributed by atoms with Gasteiger partial charge < -0.3 is 10.1 Å².